The number of benzene rings is 2. The van der Waals surface area contributed by atoms with E-state index in [0.717, 1.165) is 5.56 Å². The SMILES string of the molecule is CC(C)Oc1ccc(S(=O)(=O)N2CCC(c3cn(CC(=O)O)c4cc(F)c(Cl)cc34)C2)cc1. The molecule has 1 aromatic heterocycles. The highest BCUT2D eigenvalue weighted by molar-refractivity contribution is 7.89. The third kappa shape index (κ3) is 4.71. The summed E-state index contributed by atoms with van der Waals surface area (Å²) in [6.45, 7) is 4.00. The number of sulfonamides is 1. The topological polar surface area (TPSA) is 88.8 Å². The van der Waals surface area contributed by atoms with Crippen molar-refractivity contribution in [1.82, 2.24) is 8.87 Å². The normalized spacial score (nSPS) is 17.2. The Labute approximate surface area is 196 Å². The van der Waals surface area contributed by atoms with Gasteiger partial charge >= 0.3 is 5.97 Å². The molecule has 1 unspecified atom stereocenters. The second-order valence-corrected chi connectivity index (χ2v) is 10.7. The maximum absolute atomic E-state index is 14.1. The van der Waals surface area contributed by atoms with E-state index in [1.165, 1.54) is 33.1 Å². The lowest BCUT2D eigenvalue weighted by molar-refractivity contribution is -0.137. The van der Waals surface area contributed by atoms with Crippen molar-refractivity contribution >= 4 is 38.5 Å². The summed E-state index contributed by atoms with van der Waals surface area (Å²) in [6.07, 6.45) is 2.19. The van der Waals surface area contributed by atoms with Crippen LogP contribution in [0.5, 0.6) is 5.75 Å². The predicted octanol–water partition coefficient (Wildman–Crippen LogP) is 4.48. The molecule has 1 atom stereocenters. The van der Waals surface area contributed by atoms with E-state index in [1.54, 1.807) is 18.3 Å². The first-order valence-electron chi connectivity index (χ1n) is 10.5. The Kier molecular flexibility index (Phi) is 6.39. The fourth-order valence-corrected chi connectivity index (χ4v) is 5.89. The first-order valence-corrected chi connectivity index (χ1v) is 12.3. The molecule has 0 aliphatic carbocycles. The Balaban J connectivity index is 1.62. The van der Waals surface area contributed by atoms with Gasteiger partial charge in [-0.25, -0.2) is 12.8 Å². The Morgan fingerprint density at radius 1 is 1.27 bits per heavy atom. The molecule has 0 saturated carbocycles. The van der Waals surface area contributed by atoms with Crippen molar-refractivity contribution < 1.29 is 27.4 Å². The zero-order valence-corrected chi connectivity index (χ0v) is 19.7. The van der Waals surface area contributed by atoms with Crippen LogP contribution in [0.1, 0.15) is 31.7 Å². The van der Waals surface area contributed by atoms with Crippen LogP contribution in [0.15, 0.2) is 47.5 Å². The summed E-state index contributed by atoms with van der Waals surface area (Å²) in [7, 11) is -3.71. The van der Waals surface area contributed by atoms with Gasteiger partial charge in [0.1, 0.15) is 18.1 Å². The van der Waals surface area contributed by atoms with Gasteiger partial charge in [-0.1, -0.05) is 11.6 Å². The Morgan fingerprint density at radius 3 is 2.61 bits per heavy atom. The van der Waals surface area contributed by atoms with Crippen LogP contribution in [0.2, 0.25) is 5.02 Å². The van der Waals surface area contributed by atoms with E-state index in [-0.39, 0.29) is 35.0 Å². The lowest BCUT2D eigenvalue weighted by atomic mass is 9.98. The fraction of sp³-hybridized carbons (Fsp3) is 0.348. The molecule has 1 fully saturated rings. The van der Waals surface area contributed by atoms with Gasteiger partial charge in [0.2, 0.25) is 10.0 Å². The Bertz CT molecular complexity index is 1300. The van der Waals surface area contributed by atoms with Crippen LogP contribution in [0.3, 0.4) is 0 Å². The molecule has 0 bridgehead atoms. The van der Waals surface area contributed by atoms with E-state index >= 15 is 0 Å². The predicted molar refractivity (Wildman–Crippen MR) is 123 cm³/mol. The number of aromatic nitrogens is 1. The second kappa shape index (κ2) is 8.96. The minimum atomic E-state index is -3.71. The summed E-state index contributed by atoms with van der Waals surface area (Å²) in [5.41, 5.74) is 1.17. The van der Waals surface area contributed by atoms with Crippen molar-refractivity contribution in [3.05, 3.63) is 59.0 Å². The Hall–Kier alpha value is -2.62. The van der Waals surface area contributed by atoms with Crippen LogP contribution in [0, 0.1) is 5.82 Å². The summed E-state index contributed by atoms with van der Waals surface area (Å²) in [6, 6.07) is 9.02. The van der Waals surface area contributed by atoms with E-state index in [1.807, 2.05) is 13.8 Å². The molecule has 1 aliphatic heterocycles. The monoisotopic (exact) mass is 494 g/mol. The van der Waals surface area contributed by atoms with Crippen molar-refractivity contribution in [2.24, 2.45) is 0 Å². The van der Waals surface area contributed by atoms with Crippen LogP contribution >= 0.6 is 11.6 Å². The number of carboxylic acid groups (broad SMARTS) is 1. The summed E-state index contributed by atoms with van der Waals surface area (Å²) >= 11 is 5.99. The average molecular weight is 495 g/mol. The molecule has 2 aromatic carbocycles. The zero-order valence-electron chi connectivity index (χ0n) is 18.2. The van der Waals surface area contributed by atoms with E-state index in [9.17, 15) is 22.7 Å². The van der Waals surface area contributed by atoms with Crippen molar-refractivity contribution in [2.75, 3.05) is 13.1 Å². The van der Waals surface area contributed by atoms with Crippen LogP contribution in [-0.4, -0.2) is 47.6 Å². The van der Waals surface area contributed by atoms with Crippen LogP contribution in [0.4, 0.5) is 4.39 Å². The van der Waals surface area contributed by atoms with Gasteiger partial charge in [-0.05, 0) is 62.2 Å². The van der Waals surface area contributed by atoms with Crippen LogP contribution < -0.4 is 4.74 Å². The van der Waals surface area contributed by atoms with Gasteiger partial charge in [-0.3, -0.25) is 4.79 Å². The van der Waals surface area contributed by atoms with E-state index < -0.39 is 21.8 Å². The number of rotatable bonds is 7. The number of ether oxygens (including phenoxy) is 1. The summed E-state index contributed by atoms with van der Waals surface area (Å²) in [5, 5.41) is 9.79. The third-order valence-corrected chi connectivity index (χ3v) is 7.85. The molecule has 1 N–H and O–H groups in total. The molecule has 1 saturated heterocycles. The van der Waals surface area contributed by atoms with Crippen molar-refractivity contribution in [3.8, 4) is 5.75 Å². The Morgan fingerprint density at radius 2 is 1.97 bits per heavy atom. The van der Waals surface area contributed by atoms with Gasteiger partial charge in [0.05, 0.1) is 21.5 Å². The molecule has 4 rings (SSSR count). The summed E-state index contributed by atoms with van der Waals surface area (Å²) in [5.74, 6) is -1.28. The average Bonchev–Trinajstić information content (AvgIpc) is 3.34. The molecule has 0 amide bonds. The zero-order chi connectivity index (χ0) is 23.9. The highest BCUT2D eigenvalue weighted by atomic mass is 35.5. The first kappa shape index (κ1) is 23.5. The molecular formula is C23H24ClFN2O5S. The summed E-state index contributed by atoms with van der Waals surface area (Å²) < 4.78 is 48.9. The number of carbonyl (C=O) groups is 1. The van der Waals surface area contributed by atoms with Crippen LogP contribution in [0.25, 0.3) is 10.9 Å². The lowest BCUT2D eigenvalue weighted by Crippen LogP contribution is -2.28. The molecule has 33 heavy (non-hydrogen) atoms. The fourth-order valence-electron chi connectivity index (χ4n) is 4.23. The van der Waals surface area contributed by atoms with Gasteiger partial charge < -0.3 is 14.4 Å². The maximum atomic E-state index is 14.1. The molecule has 0 radical (unpaired) electrons. The molecular weight excluding hydrogens is 471 g/mol. The van der Waals surface area contributed by atoms with Gasteiger partial charge in [0.25, 0.3) is 0 Å². The van der Waals surface area contributed by atoms with Crippen molar-refractivity contribution in [2.45, 2.75) is 43.7 Å². The largest absolute Gasteiger partial charge is 0.491 e. The molecule has 0 spiro atoms. The minimum absolute atomic E-state index is 0.0166. The van der Waals surface area contributed by atoms with Crippen LogP contribution in [-0.2, 0) is 21.4 Å². The number of hydrogen-bond acceptors (Lipinski definition) is 4. The number of nitrogens with zero attached hydrogens (tertiary/aromatic N) is 2. The second-order valence-electron chi connectivity index (χ2n) is 8.38. The molecule has 2 heterocycles. The van der Waals surface area contributed by atoms with Gasteiger partial charge in [0, 0.05) is 30.6 Å². The standard InChI is InChI=1S/C23H24ClFN2O5S/c1-14(2)32-16-3-5-17(6-4-16)33(30,31)27-8-7-15(11-27)19-12-26(13-23(28)29)22-10-21(25)20(24)9-18(19)22/h3-6,9-10,12,14-15H,7-8,11,13H2,1-2H3,(H,28,29). The lowest BCUT2D eigenvalue weighted by Gasteiger charge is -2.17. The molecule has 10 heteroatoms. The van der Waals surface area contributed by atoms with Gasteiger partial charge in [-0.2, -0.15) is 4.31 Å². The first-order chi connectivity index (χ1) is 15.6. The van der Waals surface area contributed by atoms with E-state index in [4.69, 9.17) is 16.3 Å². The van der Waals surface area contributed by atoms with Gasteiger partial charge in [0.15, 0.2) is 0 Å². The number of fused-ring (bicyclic) bond motifs is 1. The van der Waals surface area contributed by atoms with Crippen molar-refractivity contribution in [1.29, 1.82) is 0 Å². The van der Waals surface area contributed by atoms with E-state index in [2.05, 4.69) is 0 Å². The molecule has 7 nitrogen and oxygen atoms in total. The molecule has 1 aliphatic rings. The summed E-state index contributed by atoms with van der Waals surface area (Å²) in [4.78, 5) is 11.5. The number of aliphatic carboxylic acids is 1. The number of halogens is 2. The molecule has 3 aromatic rings. The number of carboxylic acids is 1. The van der Waals surface area contributed by atoms with E-state index in [0.29, 0.717) is 29.6 Å². The highest BCUT2D eigenvalue weighted by Gasteiger charge is 2.34. The minimum Gasteiger partial charge on any atom is -0.491 e. The molecule has 176 valence electrons. The third-order valence-electron chi connectivity index (χ3n) is 5.68. The quantitative estimate of drug-likeness (QED) is 0.523. The highest BCUT2D eigenvalue weighted by Crippen LogP contribution is 2.37. The smallest absolute Gasteiger partial charge is 0.323 e. The van der Waals surface area contributed by atoms with Gasteiger partial charge in [-0.15, -0.1) is 0 Å². The van der Waals surface area contributed by atoms with Crippen molar-refractivity contribution in [3.63, 3.8) is 0 Å². The maximum Gasteiger partial charge on any atom is 0.323 e. The number of hydrogen-bond donors (Lipinski definition) is 1.